The number of fused-ring (bicyclic) bond motifs is 1. The van der Waals surface area contributed by atoms with Gasteiger partial charge in [0.05, 0.1) is 35.9 Å². The van der Waals surface area contributed by atoms with Crippen LogP contribution in [0.15, 0.2) is 42.0 Å². The van der Waals surface area contributed by atoms with Crippen molar-refractivity contribution in [1.82, 2.24) is 34.1 Å². The number of aliphatic hydroxyl groups is 1. The molecule has 0 aliphatic heterocycles. The van der Waals surface area contributed by atoms with Crippen molar-refractivity contribution in [1.29, 1.82) is 0 Å². The van der Waals surface area contributed by atoms with Crippen LogP contribution in [0.5, 0.6) is 0 Å². The highest BCUT2D eigenvalue weighted by Gasteiger charge is 2.24. The van der Waals surface area contributed by atoms with Crippen molar-refractivity contribution >= 4 is 10.9 Å². The van der Waals surface area contributed by atoms with Crippen LogP contribution in [-0.2, 0) is 14.1 Å². The highest BCUT2D eigenvalue weighted by atomic mass is 16.3. The van der Waals surface area contributed by atoms with Crippen LogP contribution in [0.2, 0.25) is 0 Å². The molecule has 2 unspecified atom stereocenters. The summed E-state index contributed by atoms with van der Waals surface area (Å²) in [6, 6.07) is 1.74. The number of rotatable bonds is 3. The SMILES string of the molecule is Cn1cc(-c2cc3c(=O)n(C4CCCC(O)C4)cnc3c(-c3cnn(C)c3)n2)cn1. The van der Waals surface area contributed by atoms with Crippen LogP contribution >= 0.6 is 0 Å². The maximum absolute atomic E-state index is 13.5. The molecule has 1 saturated carbocycles. The molecule has 0 bridgehead atoms. The van der Waals surface area contributed by atoms with Crippen molar-refractivity contribution in [3.05, 3.63) is 47.5 Å². The zero-order valence-corrected chi connectivity index (χ0v) is 16.9. The van der Waals surface area contributed by atoms with Gasteiger partial charge in [0.1, 0.15) is 11.2 Å². The number of hydrogen-bond donors (Lipinski definition) is 1. The van der Waals surface area contributed by atoms with Gasteiger partial charge in [0, 0.05) is 43.7 Å². The van der Waals surface area contributed by atoms with Gasteiger partial charge in [-0.15, -0.1) is 0 Å². The molecule has 154 valence electrons. The third kappa shape index (κ3) is 3.21. The molecule has 0 radical (unpaired) electrons. The van der Waals surface area contributed by atoms with Crippen molar-refractivity contribution in [3.8, 4) is 22.5 Å². The van der Waals surface area contributed by atoms with E-state index in [0.717, 1.165) is 30.4 Å². The molecule has 0 aromatic carbocycles. The van der Waals surface area contributed by atoms with E-state index in [2.05, 4.69) is 15.2 Å². The normalized spacial score (nSPS) is 19.4. The van der Waals surface area contributed by atoms with Crippen molar-refractivity contribution in [2.75, 3.05) is 0 Å². The van der Waals surface area contributed by atoms with Crippen molar-refractivity contribution < 1.29 is 5.11 Å². The van der Waals surface area contributed by atoms with Crippen molar-refractivity contribution in [2.24, 2.45) is 14.1 Å². The van der Waals surface area contributed by atoms with Gasteiger partial charge in [-0.05, 0) is 31.7 Å². The quantitative estimate of drug-likeness (QED) is 0.560. The van der Waals surface area contributed by atoms with Crippen molar-refractivity contribution in [2.45, 2.75) is 37.8 Å². The second-order valence-electron chi connectivity index (χ2n) is 7.99. The van der Waals surface area contributed by atoms with Crippen LogP contribution in [0.3, 0.4) is 0 Å². The lowest BCUT2D eigenvalue weighted by Crippen LogP contribution is -2.30. The number of nitrogens with zero attached hydrogens (tertiary/aromatic N) is 7. The maximum atomic E-state index is 13.5. The Hall–Kier alpha value is -3.33. The predicted molar refractivity (Wildman–Crippen MR) is 112 cm³/mol. The lowest BCUT2D eigenvalue weighted by molar-refractivity contribution is 0.103. The summed E-state index contributed by atoms with van der Waals surface area (Å²) in [5.74, 6) is 0. The maximum Gasteiger partial charge on any atom is 0.261 e. The van der Waals surface area contributed by atoms with Gasteiger partial charge in [0.2, 0.25) is 0 Å². The summed E-state index contributed by atoms with van der Waals surface area (Å²) in [4.78, 5) is 22.9. The van der Waals surface area contributed by atoms with E-state index in [4.69, 9.17) is 4.98 Å². The molecule has 1 N–H and O–H groups in total. The molecule has 1 fully saturated rings. The van der Waals surface area contributed by atoms with E-state index < -0.39 is 0 Å². The number of pyridine rings is 1. The lowest BCUT2D eigenvalue weighted by Gasteiger charge is -2.27. The van der Waals surface area contributed by atoms with Crippen LogP contribution in [-0.4, -0.2) is 45.3 Å². The summed E-state index contributed by atoms with van der Waals surface area (Å²) in [5.41, 5.74) is 3.34. The Morgan fingerprint density at radius 1 is 1.07 bits per heavy atom. The predicted octanol–water partition coefficient (Wildman–Crippen LogP) is 2.07. The first-order chi connectivity index (χ1) is 14.5. The van der Waals surface area contributed by atoms with Gasteiger partial charge in [-0.3, -0.25) is 18.7 Å². The van der Waals surface area contributed by atoms with Crippen LogP contribution in [0, 0.1) is 0 Å². The fourth-order valence-electron chi connectivity index (χ4n) is 4.24. The fourth-order valence-corrected chi connectivity index (χ4v) is 4.24. The zero-order chi connectivity index (χ0) is 20.8. The fraction of sp³-hybridized carbons (Fsp3) is 0.381. The second-order valence-corrected chi connectivity index (χ2v) is 7.99. The molecule has 4 aromatic heterocycles. The third-order valence-corrected chi connectivity index (χ3v) is 5.76. The van der Waals surface area contributed by atoms with Crippen LogP contribution in [0.1, 0.15) is 31.7 Å². The average molecular weight is 405 g/mol. The Bertz CT molecular complexity index is 1290. The standard InChI is InChI=1S/C21H23N7O2/c1-26-10-13(8-23-26)18-7-17-20(19(25-18)14-9-24-27(2)11-14)22-12-28(21(17)30)15-4-3-5-16(29)6-15/h7-12,15-16,29H,3-6H2,1-2H3. The Balaban J connectivity index is 1.74. The summed E-state index contributed by atoms with van der Waals surface area (Å²) >= 11 is 0. The summed E-state index contributed by atoms with van der Waals surface area (Å²) in [5, 5.41) is 19.1. The van der Waals surface area contributed by atoms with Gasteiger partial charge in [0.15, 0.2) is 0 Å². The number of aromatic nitrogens is 7. The first kappa shape index (κ1) is 18.7. The largest absolute Gasteiger partial charge is 0.393 e. The van der Waals surface area contributed by atoms with Gasteiger partial charge in [-0.2, -0.15) is 10.2 Å². The van der Waals surface area contributed by atoms with E-state index in [-0.39, 0.29) is 17.7 Å². The topological polar surface area (TPSA) is 104 Å². The smallest absolute Gasteiger partial charge is 0.261 e. The number of aryl methyl sites for hydroxylation is 2. The zero-order valence-electron chi connectivity index (χ0n) is 16.9. The molecule has 2 atom stereocenters. The number of aliphatic hydroxyl groups excluding tert-OH is 1. The van der Waals surface area contributed by atoms with Gasteiger partial charge in [-0.1, -0.05) is 0 Å². The molecular formula is C21H23N7O2. The molecular weight excluding hydrogens is 382 g/mol. The molecule has 0 amide bonds. The first-order valence-electron chi connectivity index (χ1n) is 10.1. The summed E-state index contributed by atoms with van der Waals surface area (Å²) in [6.45, 7) is 0. The van der Waals surface area contributed by atoms with E-state index in [0.29, 0.717) is 28.7 Å². The summed E-state index contributed by atoms with van der Waals surface area (Å²) in [6.07, 6.45) is 11.5. The molecule has 1 aliphatic carbocycles. The van der Waals surface area contributed by atoms with E-state index in [1.54, 1.807) is 38.7 Å². The molecule has 30 heavy (non-hydrogen) atoms. The Morgan fingerprint density at radius 2 is 1.80 bits per heavy atom. The highest BCUT2D eigenvalue weighted by molar-refractivity contribution is 5.93. The molecule has 9 heteroatoms. The van der Waals surface area contributed by atoms with E-state index in [1.807, 2.05) is 26.5 Å². The molecule has 0 saturated heterocycles. The average Bonchev–Trinajstić information content (AvgIpc) is 3.36. The lowest BCUT2D eigenvalue weighted by atomic mass is 9.93. The highest BCUT2D eigenvalue weighted by Crippen LogP contribution is 2.30. The summed E-state index contributed by atoms with van der Waals surface area (Å²) in [7, 11) is 3.68. The molecule has 4 aromatic rings. The van der Waals surface area contributed by atoms with Gasteiger partial charge in [0.25, 0.3) is 5.56 Å². The molecule has 9 nitrogen and oxygen atoms in total. The second kappa shape index (κ2) is 7.17. The minimum atomic E-state index is -0.374. The minimum Gasteiger partial charge on any atom is -0.393 e. The Kier molecular flexibility index (Phi) is 4.47. The van der Waals surface area contributed by atoms with Gasteiger partial charge >= 0.3 is 0 Å². The van der Waals surface area contributed by atoms with E-state index in [9.17, 15) is 9.90 Å². The van der Waals surface area contributed by atoms with Crippen molar-refractivity contribution in [3.63, 3.8) is 0 Å². The molecule has 1 aliphatic rings. The first-order valence-corrected chi connectivity index (χ1v) is 10.1. The van der Waals surface area contributed by atoms with Gasteiger partial charge < -0.3 is 5.11 Å². The van der Waals surface area contributed by atoms with E-state index in [1.165, 1.54) is 0 Å². The minimum absolute atomic E-state index is 0.0463. The molecule has 5 rings (SSSR count). The van der Waals surface area contributed by atoms with Gasteiger partial charge in [-0.25, -0.2) is 9.97 Å². The Morgan fingerprint density at radius 3 is 2.47 bits per heavy atom. The Labute approximate surface area is 172 Å². The van der Waals surface area contributed by atoms with Crippen LogP contribution in [0.25, 0.3) is 33.4 Å². The summed E-state index contributed by atoms with van der Waals surface area (Å²) < 4.78 is 5.07. The third-order valence-electron chi connectivity index (χ3n) is 5.76. The number of hydrogen-bond acceptors (Lipinski definition) is 6. The molecule has 0 spiro atoms. The van der Waals surface area contributed by atoms with Crippen LogP contribution in [0.4, 0.5) is 0 Å². The van der Waals surface area contributed by atoms with E-state index >= 15 is 0 Å². The molecule has 4 heterocycles. The van der Waals surface area contributed by atoms with Crippen LogP contribution < -0.4 is 5.56 Å². The monoisotopic (exact) mass is 405 g/mol.